The van der Waals surface area contributed by atoms with E-state index < -0.39 is 0 Å². The van der Waals surface area contributed by atoms with E-state index in [9.17, 15) is 4.79 Å². The molecule has 8 heteroatoms. The van der Waals surface area contributed by atoms with Crippen molar-refractivity contribution in [1.82, 2.24) is 30.1 Å². The number of rotatable bonds is 6. The van der Waals surface area contributed by atoms with Crippen LogP contribution in [0.1, 0.15) is 57.5 Å². The molecule has 1 aliphatic heterocycles. The molecule has 3 heterocycles. The summed E-state index contributed by atoms with van der Waals surface area (Å²) in [5.41, 5.74) is 1.09. The molecule has 8 nitrogen and oxygen atoms in total. The third kappa shape index (κ3) is 3.53. The summed E-state index contributed by atoms with van der Waals surface area (Å²) in [6.45, 7) is 8.18. The highest BCUT2D eigenvalue weighted by atomic mass is 16.5. The molecule has 4 rings (SSSR count). The smallest absolute Gasteiger partial charge is 0.253 e. The van der Waals surface area contributed by atoms with Gasteiger partial charge in [0.2, 0.25) is 0 Å². The van der Waals surface area contributed by atoms with Crippen LogP contribution in [-0.4, -0.2) is 50.3 Å². The largest absolute Gasteiger partial charge is 0.497 e. The quantitative estimate of drug-likeness (QED) is 0.689. The number of tetrazole rings is 1. The molecule has 0 unspecified atom stereocenters. The fourth-order valence-corrected chi connectivity index (χ4v) is 3.98. The molecule has 0 aliphatic carbocycles. The van der Waals surface area contributed by atoms with Gasteiger partial charge in [0, 0.05) is 16.5 Å². The topological polar surface area (TPSA) is 88.9 Å². The molecule has 1 N–H and O–H groups in total. The van der Waals surface area contributed by atoms with Crippen LogP contribution in [0.15, 0.2) is 29.1 Å². The highest BCUT2D eigenvalue weighted by Crippen LogP contribution is 2.32. The number of H-pyrrole nitrogens is 1. The normalized spacial score (nSPS) is 16.4. The van der Waals surface area contributed by atoms with Gasteiger partial charge in [0.1, 0.15) is 11.8 Å². The lowest BCUT2D eigenvalue weighted by Gasteiger charge is -2.30. The maximum absolute atomic E-state index is 13.1. The average molecular weight is 396 g/mol. The van der Waals surface area contributed by atoms with E-state index in [2.05, 4.69) is 46.2 Å². The molecule has 29 heavy (non-hydrogen) atoms. The summed E-state index contributed by atoms with van der Waals surface area (Å²) in [5, 5.41) is 13.6. The van der Waals surface area contributed by atoms with Gasteiger partial charge in [-0.25, -0.2) is 4.68 Å². The fourth-order valence-electron chi connectivity index (χ4n) is 3.98. The minimum Gasteiger partial charge on any atom is -0.497 e. The zero-order valence-corrected chi connectivity index (χ0v) is 17.5. The second-order valence-corrected chi connectivity index (χ2v) is 8.27. The molecule has 0 spiro atoms. The number of hydrogen-bond donors (Lipinski definition) is 1. The first-order valence-corrected chi connectivity index (χ1v) is 10.2. The van der Waals surface area contributed by atoms with Crippen LogP contribution in [0.25, 0.3) is 10.9 Å². The van der Waals surface area contributed by atoms with Crippen molar-refractivity contribution in [2.24, 2.45) is 0 Å². The minimum absolute atomic E-state index is 0.108. The van der Waals surface area contributed by atoms with Crippen molar-refractivity contribution in [3.05, 3.63) is 46.0 Å². The lowest BCUT2D eigenvalue weighted by molar-refractivity contribution is 0.230. The van der Waals surface area contributed by atoms with Crippen LogP contribution in [-0.2, 0) is 5.54 Å². The number of benzene rings is 1. The van der Waals surface area contributed by atoms with Gasteiger partial charge in [0.05, 0.1) is 12.6 Å². The molecule has 1 saturated heterocycles. The first kappa shape index (κ1) is 19.6. The standard InChI is InChI=1S/C21H28N6O2/c1-5-21(2,3)27-19(23-24-25-27)18(26-10-6-7-11-26)16-13-14-12-15(29-4)8-9-17(14)22-20(16)28/h8-9,12-13,18H,5-7,10-11H2,1-4H3,(H,22,28)/t18-/m1/s1. The van der Waals surface area contributed by atoms with Gasteiger partial charge in [0.15, 0.2) is 5.82 Å². The SMILES string of the molecule is CCC(C)(C)n1nnnc1[C@@H](c1cc2cc(OC)ccc2[nH]c1=O)N1CCCC1. The molecule has 0 saturated carbocycles. The Morgan fingerprint density at radius 1 is 1.24 bits per heavy atom. The van der Waals surface area contributed by atoms with Crippen LogP contribution in [0, 0.1) is 0 Å². The van der Waals surface area contributed by atoms with Gasteiger partial charge in [-0.2, -0.15) is 0 Å². The predicted molar refractivity (Wildman–Crippen MR) is 111 cm³/mol. The van der Waals surface area contributed by atoms with Crippen LogP contribution in [0.2, 0.25) is 0 Å². The van der Waals surface area contributed by atoms with Crippen LogP contribution >= 0.6 is 0 Å². The first-order chi connectivity index (χ1) is 13.9. The first-order valence-electron chi connectivity index (χ1n) is 10.2. The van der Waals surface area contributed by atoms with Crippen molar-refractivity contribution in [1.29, 1.82) is 0 Å². The number of likely N-dealkylation sites (tertiary alicyclic amines) is 1. The third-order valence-electron chi connectivity index (χ3n) is 6.06. The number of hydrogen-bond acceptors (Lipinski definition) is 6. The highest BCUT2D eigenvalue weighted by Gasteiger charge is 2.35. The van der Waals surface area contributed by atoms with Gasteiger partial charge in [0.25, 0.3) is 5.56 Å². The summed E-state index contributed by atoms with van der Waals surface area (Å²) in [5.74, 6) is 1.47. The number of pyridine rings is 1. The van der Waals surface area contributed by atoms with Crippen molar-refractivity contribution in [2.75, 3.05) is 20.2 Å². The molecule has 1 fully saturated rings. The Morgan fingerprint density at radius 2 is 2.00 bits per heavy atom. The molecule has 1 aliphatic rings. The number of nitrogens with one attached hydrogen (secondary N) is 1. The van der Waals surface area contributed by atoms with Crippen LogP contribution < -0.4 is 10.3 Å². The number of methoxy groups -OCH3 is 1. The number of nitrogens with zero attached hydrogens (tertiary/aromatic N) is 5. The maximum atomic E-state index is 13.1. The van der Waals surface area contributed by atoms with E-state index in [-0.39, 0.29) is 17.1 Å². The van der Waals surface area contributed by atoms with Gasteiger partial charge < -0.3 is 9.72 Å². The molecule has 154 valence electrons. The van der Waals surface area contributed by atoms with E-state index in [4.69, 9.17) is 4.74 Å². The number of aromatic amines is 1. The van der Waals surface area contributed by atoms with E-state index in [0.717, 1.165) is 49.0 Å². The van der Waals surface area contributed by atoms with Crippen molar-refractivity contribution in [2.45, 2.75) is 51.6 Å². The molecular weight excluding hydrogens is 368 g/mol. The maximum Gasteiger partial charge on any atom is 0.253 e. The summed E-state index contributed by atoms with van der Waals surface area (Å²) in [6.07, 6.45) is 3.09. The second kappa shape index (κ2) is 7.59. The fraction of sp³-hybridized carbons (Fsp3) is 0.524. The lowest BCUT2D eigenvalue weighted by Crippen LogP contribution is -2.37. The van der Waals surface area contributed by atoms with Crippen LogP contribution in [0.4, 0.5) is 0 Å². The molecule has 2 aromatic heterocycles. The second-order valence-electron chi connectivity index (χ2n) is 8.27. The summed E-state index contributed by atoms with van der Waals surface area (Å²) in [7, 11) is 1.64. The van der Waals surface area contributed by atoms with Crippen molar-refractivity contribution in [3.8, 4) is 5.75 Å². The number of fused-ring (bicyclic) bond motifs is 1. The van der Waals surface area contributed by atoms with E-state index >= 15 is 0 Å². The van der Waals surface area contributed by atoms with Gasteiger partial charge in [-0.05, 0) is 80.9 Å². The van der Waals surface area contributed by atoms with E-state index in [0.29, 0.717) is 11.4 Å². The Hall–Kier alpha value is -2.74. The zero-order valence-electron chi connectivity index (χ0n) is 17.5. The predicted octanol–water partition coefficient (Wildman–Crippen LogP) is 2.85. The average Bonchev–Trinajstić information content (AvgIpc) is 3.41. The van der Waals surface area contributed by atoms with Gasteiger partial charge >= 0.3 is 0 Å². The Balaban J connectivity index is 1.91. The van der Waals surface area contributed by atoms with Crippen LogP contribution in [0.5, 0.6) is 5.75 Å². The molecule has 0 amide bonds. The lowest BCUT2D eigenvalue weighted by atomic mass is 9.99. The van der Waals surface area contributed by atoms with Crippen molar-refractivity contribution in [3.63, 3.8) is 0 Å². The molecule has 3 aromatic rings. The summed E-state index contributed by atoms with van der Waals surface area (Å²) < 4.78 is 7.24. The summed E-state index contributed by atoms with van der Waals surface area (Å²) >= 11 is 0. The Bertz CT molecular complexity index is 1060. The van der Waals surface area contributed by atoms with Gasteiger partial charge in [-0.3, -0.25) is 9.69 Å². The summed E-state index contributed by atoms with van der Waals surface area (Å²) in [4.78, 5) is 18.5. The molecule has 0 bridgehead atoms. The monoisotopic (exact) mass is 396 g/mol. The third-order valence-corrected chi connectivity index (χ3v) is 6.06. The molecule has 1 aromatic carbocycles. The van der Waals surface area contributed by atoms with E-state index in [1.807, 2.05) is 28.9 Å². The Kier molecular flexibility index (Phi) is 5.12. The minimum atomic E-state index is -0.294. The zero-order chi connectivity index (χ0) is 20.6. The molecule has 0 radical (unpaired) electrons. The van der Waals surface area contributed by atoms with Gasteiger partial charge in [-0.1, -0.05) is 6.92 Å². The Morgan fingerprint density at radius 3 is 2.69 bits per heavy atom. The highest BCUT2D eigenvalue weighted by molar-refractivity contribution is 5.80. The van der Waals surface area contributed by atoms with Crippen molar-refractivity contribution >= 4 is 10.9 Å². The van der Waals surface area contributed by atoms with Crippen LogP contribution in [0.3, 0.4) is 0 Å². The summed E-state index contributed by atoms with van der Waals surface area (Å²) in [6, 6.07) is 7.32. The van der Waals surface area contributed by atoms with Crippen molar-refractivity contribution < 1.29 is 4.74 Å². The van der Waals surface area contributed by atoms with Gasteiger partial charge in [-0.15, -0.1) is 5.10 Å². The number of aromatic nitrogens is 5. The van der Waals surface area contributed by atoms with E-state index in [1.165, 1.54) is 0 Å². The Labute approximate surface area is 169 Å². The molecular formula is C21H28N6O2. The van der Waals surface area contributed by atoms with E-state index in [1.54, 1.807) is 7.11 Å². The molecule has 1 atom stereocenters. The number of ether oxygens (including phenoxy) is 1.